The van der Waals surface area contributed by atoms with Gasteiger partial charge in [0.05, 0.1) is 0 Å². The van der Waals surface area contributed by atoms with E-state index in [9.17, 15) is 0 Å². The summed E-state index contributed by atoms with van der Waals surface area (Å²) in [6.45, 7) is 0. The highest BCUT2D eigenvalue weighted by molar-refractivity contribution is 7.80. The number of aliphatic hydroxyl groups excluding tert-OH is 2. The molecule has 0 saturated heterocycles. The Kier molecular flexibility index (Phi) is 17.9. The summed E-state index contributed by atoms with van der Waals surface area (Å²) >= 11 is 8.03. The second-order valence-corrected chi connectivity index (χ2v) is 8.23. The van der Waals surface area contributed by atoms with E-state index in [-0.39, 0.29) is 25.2 Å². The third-order valence-corrected chi connectivity index (χ3v) is 5.97. The first-order valence-electron chi connectivity index (χ1n) is 8.34. The van der Waals surface area contributed by atoms with Gasteiger partial charge in [-0.15, -0.1) is 0 Å². The van der Waals surface area contributed by atoms with Crippen LogP contribution < -0.4 is 38.5 Å². The lowest BCUT2D eigenvalue weighted by Gasteiger charge is -2.18. The number of thiocarbonyl (C=S) groups is 2. The summed E-state index contributed by atoms with van der Waals surface area (Å²) in [5.74, 6) is 9.06. The molecule has 0 aromatic heterocycles. The molecule has 0 aliphatic carbocycles. The van der Waals surface area contributed by atoms with Gasteiger partial charge >= 0.3 is 0 Å². The van der Waals surface area contributed by atoms with E-state index >= 15 is 0 Å². The van der Waals surface area contributed by atoms with Crippen molar-refractivity contribution in [2.45, 2.75) is 14.9 Å². The van der Waals surface area contributed by atoms with Gasteiger partial charge in [0.2, 0.25) is 0 Å². The van der Waals surface area contributed by atoms with Gasteiger partial charge in [-0.2, -0.15) is 0 Å². The van der Waals surface area contributed by atoms with Crippen LogP contribution in [0.5, 0.6) is 0 Å². The predicted octanol–water partition coefficient (Wildman–Crippen LogP) is 3.30. The lowest BCUT2D eigenvalue weighted by atomic mass is 10.4. The fourth-order valence-electron chi connectivity index (χ4n) is 2.18. The van der Waals surface area contributed by atoms with Crippen molar-refractivity contribution in [3.63, 3.8) is 0 Å². The molecule has 0 spiro atoms. The molecular formula is C22H31N4O2PS2. The highest BCUT2D eigenvalue weighted by atomic mass is 32.1. The summed E-state index contributed by atoms with van der Waals surface area (Å²) in [6.07, 6.45) is 0. The SMILES string of the molecule is C.C.NNC(O)=S.NNC(O)=S.c1ccc(P(c2ccccc2)c2ccccc2)cc1. The van der Waals surface area contributed by atoms with Crippen LogP contribution in [0.25, 0.3) is 0 Å². The summed E-state index contributed by atoms with van der Waals surface area (Å²) in [6, 6.07) is 32.3. The van der Waals surface area contributed by atoms with E-state index in [0.29, 0.717) is 0 Å². The van der Waals surface area contributed by atoms with Gasteiger partial charge in [-0.25, -0.2) is 11.7 Å². The molecule has 168 valence electrons. The first kappa shape index (κ1) is 30.6. The minimum Gasteiger partial charge on any atom is -0.486 e. The van der Waals surface area contributed by atoms with Crippen LogP contribution in [0.2, 0.25) is 0 Å². The maximum Gasteiger partial charge on any atom is 0.268 e. The molecule has 0 atom stereocenters. The lowest BCUT2D eigenvalue weighted by Crippen LogP contribution is -2.27. The van der Waals surface area contributed by atoms with E-state index in [1.54, 1.807) is 0 Å². The molecule has 9 heteroatoms. The zero-order valence-electron chi connectivity index (χ0n) is 15.5. The molecule has 0 fully saturated rings. The van der Waals surface area contributed by atoms with E-state index in [0.717, 1.165) is 0 Å². The fourth-order valence-corrected chi connectivity index (χ4v) is 4.48. The molecule has 0 bridgehead atoms. The fraction of sp³-hybridized carbons (Fsp3) is 0.0909. The summed E-state index contributed by atoms with van der Waals surface area (Å²) < 4.78 is 0. The second kappa shape index (κ2) is 18.2. The molecule has 0 amide bonds. The van der Waals surface area contributed by atoms with Crippen LogP contribution >= 0.6 is 32.4 Å². The van der Waals surface area contributed by atoms with Gasteiger partial charge in [0.15, 0.2) is 0 Å². The number of hydrazine groups is 2. The zero-order chi connectivity index (χ0) is 21.5. The van der Waals surface area contributed by atoms with Crippen molar-refractivity contribution in [2.24, 2.45) is 11.7 Å². The number of hydrogen-bond acceptors (Lipinski definition) is 4. The van der Waals surface area contributed by atoms with Crippen LogP contribution in [-0.4, -0.2) is 20.6 Å². The minimum absolute atomic E-state index is 0. The monoisotopic (exact) mass is 478 g/mol. The molecule has 6 nitrogen and oxygen atoms in total. The molecule has 0 unspecified atom stereocenters. The Morgan fingerprint density at radius 3 is 0.935 bits per heavy atom. The van der Waals surface area contributed by atoms with Crippen molar-refractivity contribution >= 4 is 58.6 Å². The third-order valence-electron chi connectivity index (χ3n) is 3.29. The van der Waals surface area contributed by atoms with Crippen molar-refractivity contribution < 1.29 is 10.2 Å². The quantitative estimate of drug-likeness (QED) is 0.147. The number of nitrogens with two attached hydrogens (primary N) is 2. The third kappa shape index (κ3) is 12.6. The normalized spacial score (nSPS) is 8.61. The molecule has 31 heavy (non-hydrogen) atoms. The van der Waals surface area contributed by atoms with E-state index in [1.165, 1.54) is 15.9 Å². The zero-order valence-corrected chi connectivity index (χ0v) is 18.0. The van der Waals surface area contributed by atoms with Crippen LogP contribution in [0, 0.1) is 0 Å². The smallest absolute Gasteiger partial charge is 0.268 e. The second-order valence-electron chi connectivity index (χ2n) is 5.24. The Balaban J connectivity index is 0. The van der Waals surface area contributed by atoms with Crippen LogP contribution in [0.15, 0.2) is 91.0 Å². The maximum atomic E-state index is 7.86. The summed E-state index contributed by atoms with van der Waals surface area (Å²) in [4.78, 5) is 0. The van der Waals surface area contributed by atoms with Crippen LogP contribution in [0.1, 0.15) is 14.9 Å². The summed E-state index contributed by atoms with van der Waals surface area (Å²) in [5, 5.41) is 19.1. The van der Waals surface area contributed by atoms with Gasteiger partial charge in [0.25, 0.3) is 10.3 Å². The van der Waals surface area contributed by atoms with Gasteiger partial charge < -0.3 is 10.2 Å². The maximum absolute atomic E-state index is 7.86. The van der Waals surface area contributed by atoms with Gasteiger partial charge in [0.1, 0.15) is 0 Å². The molecule has 8 N–H and O–H groups in total. The van der Waals surface area contributed by atoms with Crippen LogP contribution in [0.4, 0.5) is 0 Å². The molecule has 0 heterocycles. The number of benzene rings is 3. The molecule has 3 aromatic rings. The minimum atomic E-state index is -0.446. The Bertz CT molecular complexity index is 749. The van der Waals surface area contributed by atoms with Crippen LogP contribution in [-0.2, 0) is 0 Å². The Morgan fingerprint density at radius 1 is 0.581 bits per heavy atom. The molecular weight excluding hydrogens is 447 g/mol. The van der Waals surface area contributed by atoms with E-state index in [1.807, 2.05) is 10.9 Å². The Morgan fingerprint density at radius 2 is 0.774 bits per heavy atom. The van der Waals surface area contributed by atoms with E-state index < -0.39 is 7.92 Å². The average molecular weight is 479 g/mol. The van der Waals surface area contributed by atoms with Crippen molar-refractivity contribution in [2.75, 3.05) is 0 Å². The van der Waals surface area contributed by atoms with Crippen molar-refractivity contribution in [1.82, 2.24) is 10.9 Å². The number of rotatable bonds is 3. The van der Waals surface area contributed by atoms with Crippen LogP contribution in [0.3, 0.4) is 0 Å². The largest absolute Gasteiger partial charge is 0.486 e. The topological polar surface area (TPSA) is 117 Å². The number of hydrogen-bond donors (Lipinski definition) is 6. The molecule has 3 aromatic carbocycles. The van der Waals surface area contributed by atoms with E-state index in [2.05, 4.69) is 127 Å². The summed E-state index contributed by atoms with van der Waals surface area (Å²) in [7, 11) is -0.446. The average Bonchev–Trinajstić information content (AvgIpc) is 2.77. The van der Waals surface area contributed by atoms with Crippen molar-refractivity contribution in [3.8, 4) is 0 Å². The highest BCUT2D eigenvalue weighted by Crippen LogP contribution is 2.32. The molecule has 0 radical (unpaired) electrons. The van der Waals surface area contributed by atoms with Gasteiger partial charge in [-0.1, -0.05) is 106 Å². The van der Waals surface area contributed by atoms with Gasteiger partial charge in [-0.3, -0.25) is 10.9 Å². The van der Waals surface area contributed by atoms with Gasteiger partial charge in [0, 0.05) is 0 Å². The van der Waals surface area contributed by atoms with Crippen molar-refractivity contribution in [3.05, 3.63) is 91.0 Å². The first-order chi connectivity index (χ1) is 14.0. The Labute approximate surface area is 197 Å². The Hall–Kier alpha value is -2.61. The highest BCUT2D eigenvalue weighted by Gasteiger charge is 2.14. The standard InChI is InChI=1S/C18H15P.2CH4N2OS.2CH4/c1-4-10-16(11-5-1)19(17-12-6-2-7-13-17)18-14-8-3-9-15-18;2*2-3-1(4)5;;/h1-15H;2*2H2,(H2,3,4,5);2*1H4. The molecule has 0 aliphatic heterocycles. The number of aliphatic hydroxyl groups is 2. The number of nitrogens with one attached hydrogen (secondary N) is 2. The lowest BCUT2D eigenvalue weighted by molar-refractivity contribution is 0.534. The summed E-state index contributed by atoms with van der Waals surface area (Å²) in [5.41, 5.74) is 3.63. The molecule has 3 rings (SSSR count). The molecule has 0 aliphatic rings. The van der Waals surface area contributed by atoms with E-state index in [4.69, 9.17) is 10.2 Å². The predicted molar refractivity (Wildman–Crippen MR) is 144 cm³/mol. The van der Waals surface area contributed by atoms with Gasteiger partial charge in [-0.05, 0) is 48.3 Å². The van der Waals surface area contributed by atoms with Crippen molar-refractivity contribution in [1.29, 1.82) is 0 Å². The first-order valence-corrected chi connectivity index (χ1v) is 10.5. The molecule has 0 saturated carbocycles.